The van der Waals surface area contributed by atoms with E-state index < -0.39 is 5.82 Å². The summed E-state index contributed by atoms with van der Waals surface area (Å²) in [6.45, 7) is 18.3. The Hall–Kier alpha value is -4.91. The predicted molar refractivity (Wildman–Crippen MR) is 171 cm³/mol. The summed E-state index contributed by atoms with van der Waals surface area (Å²) in [6, 6.07) is 10.1. The van der Waals surface area contributed by atoms with Crippen LogP contribution in [-0.2, 0) is 6.54 Å². The maximum atomic E-state index is 16.0. The molecular formula is C34H36F2N6. The van der Waals surface area contributed by atoms with Gasteiger partial charge in [0.2, 0.25) is 0 Å². The smallest absolute Gasteiger partial charge is 0.159 e. The zero-order valence-electron chi connectivity index (χ0n) is 24.7. The van der Waals surface area contributed by atoms with Crippen LogP contribution in [0.25, 0.3) is 50.3 Å². The lowest BCUT2D eigenvalue weighted by atomic mass is 9.96. The van der Waals surface area contributed by atoms with Gasteiger partial charge in [0.05, 0.1) is 22.1 Å². The maximum absolute atomic E-state index is 16.0. The van der Waals surface area contributed by atoms with Crippen LogP contribution >= 0.6 is 0 Å². The summed E-state index contributed by atoms with van der Waals surface area (Å²) in [6.07, 6.45) is 7.03. The molecule has 3 heterocycles. The van der Waals surface area contributed by atoms with E-state index in [4.69, 9.17) is 4.98 Å². The lowest BCUT2D eigenvalue weighted by Crippen LogP contribution is -2.05. The highest BCUT2D eigenvalue weighted by atomic mass is 19.1. The van der Waals surface area contributed by atoms with Gasteiger partial charge < -0.3 is 10.3 Å². The average Bonchev–Trinajstić information content (AvgIpc) is 3.61. The molecular weight excluding hydrogens is 530 g/mol. The lowest BCUT2D eigenvalue weighted by Gasteiger charge is -2.10. The molecule has 216 valence electrons. The molecule has 0 atom stereocenters. The number of H-pyrrole nitrogens is 2. The van der Waals surface area contributed by atoms with Crippen LogP contribution in [0.2, 0.25) is 0 Å². The molecule has 0 spiro atoms. The van der Waals surface area contributed by atoms with E-state index in [0.717, 1.165) is 16.7 Å². The summed E-state index contributed by atoms with van der Waals surface area (Å²) in [5.74, 6) is -0.364. The van der Waals surface area contributed by atoms with Gasteiger partial charge in [-0.05, 0) is 74.0 Å². The van der Waals surface area contributed by atoms with Crippen LogP contribution in [0.4, 0.5) is 8.78 Å². The zero-order valence-corrected chi connectivity index (χ0v) is 24.7. The number of benzene rings is 2. The number of nitrogens with zero attached hydrogens (tertiary/aromatic N) is 3. The number of nitrogens with one attached hydrogen (secondary N) is 3. The van der Waals surface area contributed by atoms with E-state index in [9.17, 15) is 4.39 Å². The van der Waals surface area contributed by atoms with E-state index >= 15 is 4.39 Å². The van der Waals surface area contributed by atoms with Crippen LogP contribution in [0.15, 0.2) is 91.9 Å². The zero-order chi connectivity index (χ0) is 30.8. The third-order valence-corrected chi connectivity index (χ3v) is 6.28. The molecule has 0 aliphatic carbocycles. The van der Waals surface area contributed by atoms with Crippen LogP contribution in [0.1, 0.15) is 38.8 Å². The van der Waals surface area contributed by atoms with Gasteiger partial charge >= 0.3 is 0 Å². The molecule has 5 aromatic rings. The average molecular weight is 567 g/mol. The van der Waals surface area contributed by atoms with E-state index in [1.807, 2.05) is 45.9 Å². The molecule has 5 rings (SSSR count). The Balaban J connectivity index is 0.000000910. The number of imidazole rings is 1. The van der Waals surface area contributed by atoms with Gasteiger partial charge in [-0.3, -0.25) is 10.1 Å². The third-order valence-electron chi connectivity index (χ3n) is 6.28. The van der Waals surface area contributed by atoms with E-state index in [-0.39, 0.29) is 5.82 Å². The SMILES string of the molecule is C=C/C=C(C)\C(=C/C)c1ccc2[nH]nc(-c3nc4c(-c5cc(F)cc(CNC)c5)nccc4[nH]3)c2c1F.C=C=C.CC. The van der Waals surface area contributed by atoms with Gasteiger partial charge in [-0.15, -0.1) is 5.73 Å². The van der Waals surface area contributed by atoms with Crippen LogP contribution < -0.4 is 5.32 Å². The Morgan fingerprint density at radius 2 is 1.81 bits per heavy atom. The summed E-state index contributed by atoms with van der Waals surface area (Å²) in [4.78, 5) is 12.5. The highest BCUT2D eigenvalue weighted by Gasteiger charge is 2.21. The van der Waals surface area contributed by atoms with Crippen molar-refractivity contribution in [1.29, 1.82) is 0 Å². The van der Waals surface area contributed by atoms with Crippen molar-refractivity contribution in [1.82, 2.24) is 30.5 Å². The Labute approximate surface area is 245 Å². The first-order valence-corrected chi connectivity index (χ1v) is 13.6. The van der Waals surface area contributed by atoms with Crippen molar-refractivity contribution in [3.8, 4) is 22.8 Å². The van der Waals surface area contributed by atoms with E-state index in [0.29, 0.717) is 56.8 Å². The Morgan fingerprint density at radius 3 is 2.48 bits per heavy atom. The monoisotopic (exact) mass is 566 g/mol. The molecule has 6 nitrogen and oxygen atoms in total. The molecule has 3 aromatic heterocycles. The summed E-state index contributed by atoms with van der Waals surface area (Å²) in [7, 11) is 1.80. The van der Waals surface area contributed by atoms with Crippen LogP contribution in [0.3, 0.4) is 0 Å². The summed E-state index contributed by atoms with van der Waals surface area (Å²) in [5.41, 5.74) is 8.44. The summed E-state index contributed by atoms with van der Waals surface area (Å²) in [5, 5.41) is 10.7. The molecule has 0 saturated carbocycles. The molecule has 0 aliphatic rings. The Kier molecular flexibility index (Phi) is 11.0. The van der Waals surface area contributed by atoms with Gasteiger partial charge in [-0.25, -0.2) is 13.8 Å². The first kappa shape index (κ1) is 31.6. The predicted octanol–water partition coefficient (Wildman–Crippen LogP) is 8.68. The van der Waals surface area contributed by atoms with Crippen molar-refractivity contribution >= 4 is 27.5 Å². The van der Waals surface area contributed by atoms with Crippen molar-refractivity contribution < 1.29 is 8.78 Å². The fraction of sp³-hybridized carbons (Fsp3) is 0.176. The van der Waals surface area contributed by atoms with Crippen LogP contribution in [0.5, 0.6) is 0 Å². The van der Waals surface area contributed by atoms with Crippen LogP contribution in [-0.4, -0.2) is 32.2 Å². The second-order valence-electron chi connectivity index (χ2n) is 8.98. The van der Waals surface area contributed by atoms with Crippen molar-refractivity contribution in [2.45, 2.75) is 34.2 Å². The second kappa shape index (κ2) is 14.6. The Morgan fingerprint density at radius 1 is 1.07 bits per heavy atom. The highest BCUT2D eigenvalue weighted by Crippen LogP contribution is 2.35. The normalized spacial score (nSPS) is 11.4. The quantitative estimate of drug-likeness (QED) is 0.136. The summed E-state index contributed by atoms with van der Waals surface area (Å²) >= 11 is 0. The number of rotatable bonds is 7. The largest absolute Gasteiger partial charge is 0.336 e. The number of halogens is 2. The molecule has 42 heavy (non-hydrogen) atoms. The van der Waals surface area contributed by atoms with Gasteiger partial charge in [-0.1, -0.05) is 51.8 Å². The van der Waals surface area contributed by atoms with Crippen molar-refractivity contribution in [2.24, 2.45) is 0 Å². The molecule has 0 saturated heterocycles. The van der Waals surface area contributed by atoms with Gasteiger partial charge in [-0.2, -0.15) is 5.10 Å². The van der Waals surface area contributed by atoms with Gasteiger partial charge in [0, 0.05) is 23.9 Å². The third kappa shape index (κ3) is 6.52. The van der Waals surface area contributed by atoms with Gasteiger partial charge in [0.1, 0.15) is 22.8 Å². The number of allylic oxidation sites excluding steroid dienone is 5. The minimum Gasteiger partial charge on any atom is -0.336 e. The van der Waals surface area contributed by atoms with E-state index in [2.05, 4.69) is 51.0 Å². The number of pyridine rings is 1. The number of aromatic nitrogens is 5. The topological polar surface area (TPSA) is 82.3 Å². The fourth-order valence-electron chi connectivity index (χ4n) is 4.67. The standard InChI is InChI=1S/C29H26F2N6.C3H4.C2H6/c1-5-7-16(3)20(6-2)21-8-9-22-24(25(21)31)28(37-36-22)29-34-23-10-11-33-26(27(23)35-29)18-12-17(15-32-4)13-19(30)14-18;1-3-2;1-2/h5-14,32H,1,15H2,2-4H3,(H,34,35)(H,36,37);1-2H2;1-2H3/b16-7-,20-6+;;. The molecule has 3 N–H and O–H groups in total. The number of fused-ring (bicyclic) bond motifs is 2. The van der Waals surface area contributed by atoms with Crippen LogP contribution in [0, 0.1) is 11.6 Å². The fourth-order valence-corrected chi connectivity index (χ4v) is 4.67. The maximum Gasteiger partial charge on any atom is 0.159 e. The van der Waals surface area contributed by atoms with E-state index in [1.54, 1.807) is 37.5 Å². The second-order valence-corrected chi connectivity index (χ2v) is 8.98. The number of hydrogen-bond acceptors (Lipinski definition) is 4. The molecule has 0 unspecified atom stereocenters. The molecule has 0 aliphatic heterocycles. The van der Waals surface area contributed by atoms with Crippen molar-refractivity contribution in [3.63, 3.8) is 0 Å². The minimum absolute atomic E-state index is 0.332. The first-order chi connectivity index (χ1) is 20.4. The van der Waals surface area contributed by atoms with Gasteiger partial charge in [0.25, 0.3) is 0 Å². The number of aromatic amines is 2. The summed E-state index contributed by atoms with van der Waals surface area (Å²) < 4.78 is 30.4. The molecule has 0 radical (unpaired) electrons. The van der Waals surface area contributed by atoms with Gasteiger partial charge in [0.15, 0.2) is 5.82 Å². The molecule has 0 bridgehead atoms. The molecule has 0 amide bonds. The number of hydrogen-bond donors (Lipinski definition) is 3. The van der Waals surface area contributed by atoms with Crippen molar-refractivity contribution in [3.05, 3.63) is 115 Å². The van der Waals surface area contributed by atoms with Crippen molar-refractivity contribution in [2.75, 3.05) is 7.05 Å². The van der Waals surface area contributed by atoms with E-state index in [1.165, 1.54) is 12.1 Å². The molecule has 2 aromatic carbocycles. The Bertz CT molecular complexity index is 1800. The highest BCUT2D eigenvalue weighted by molar-refractivity contribution is 5.98. The molecule has 8 heteroatoms. The lowest BCUT2D eigenvalue weighted by molar-refractivity contribution is 0.624. The first-order valence-electron chi connectivity index (χ1n) is 13.6. The minimum atomic E-state index is -0.396. The molecule has 0 fully saturated rings.